The lowest BCUT2D eigenvalue weighted by atomic mass is 10.1. The van der Waals surface area contributed by atoms with E-state index in [2.05, 4.69) is 15.6 Å². The number of halogens is 1. The van der Waals surface area contributed by atoms with Gasteiger partial charge >= 0.3 is 6.03 Å². The number of amides is 3. The van der Waals surface area contributed by atoms with E-state index in [1.807, 2.05) is 0 Å². The molecule has 0 aliphatic carbocycles. The molecule has 0 spiro atoms. The number of carbonyl (C=O) groups excluding carboxylic acids is 2. The minimum Gasteiger partial charge on any atom is -0.368 e. The Kier molecular flexibility index (Phi) is 6.16. The second-order valence-electron chi connectivity index (χ2n) is 5.81. The Balaban J connectivity index is 2.23. The van der Waals surface area contributed by atoms with Crippen LogP contribution in [-0.2, 0) is 14.6 Å². The van der Waals surface area contributed by atoms with E-state index in [0.717, 1.165) is 23.7 Å². The van der Waals surface area contributed by atoms with Crippen LogP contribution < -0.4 is 16.4 Å². The minimum atomic E-state index is -3.66. The van der Waals surface area contributed by atoms with Crippen molar-refractivity contribution in [2.24, 2.45) is 5.73 Å². The van der Waals surface area contributed by atoms with Gasteiger partial charge < -0.3 is 11.1 Å². The van der Waals surface area contributed by atoms with E-state index in [0.29, 0.717) is 22.6 Å². The summed E-state index contributed by atoms with van der Waals surface area (Å²) >= 11 is 1.09. The third kappa shape index (κ3) is 5.01. The molecule has 11 heteroatoms. The second-order valence-corrected chi connectivity index (χ2v) is 8.80. The Labute approximate surface area is 159 Å². The predicted molar refractivity (Wildman–Crippen MR) is 101 cm³/mol. The molecule has 8 nitrogen and oxygen atoms in total. The highest BCUT2D eigenvalue weighted by Crippen LogP contribution is 2.34. The van der Waals surface area contributed by atoms with Gasteiger partial charge in [-0.15, -0.1) is 0 Å². The maximum absolute atomic E-state index is 14.1. The van der Waals surface area contributed by atoms with Crippen molar-refractivity contribution in [3.05, 3.63) is 29.7 Å². The van der Waals surface area contributed by atoms with Gasteiger partial charge in [0.2, 0.25) is 5.91 Å². The Hall–Kier alpha value is -2.53. The number of nitrogens with zero attached hydrogens (tertiary/aromatic N) is 1. The number of thiazole rings is 1. The molecule has 0 saturated carbocycles. The summed E-state index contributed by atoms with van der Waals surface area (Å²) in [6, 6.07) is 2.34. The summed E-state index contributed by atoms with van der Waals surface area (Å²) < 4.78 is 37.2. The fraction of sp³-hybridized carbons (Fsp3) is 0.312. The van der Waals surface area contributed by atoms with Crippen LogP contribution in [0.3, 0.4) is 0 Å². The van der Waals surface area contributed by atoms with Crippen LogP contribution in [0.2, 0.25) is 0 Å². The van der Waals surface area contributed by atoms with Gasteiger partial charge in [0.25, 0.3) is 0 Å². The Bertz CT molecular complexity index is 988. The number of aromatic nitrogens is 1. The number of nitrogens with one attached hydrogen (secondary N) is 2. The van der Waals surface area contributed by atoms with Crippen LogP contribution >= 0.6 is 11.3 Å². The Morgan fingerprint density at radius 1 is 1.37 bits per heavy atom. The topological polar surface area (TPSA) is 131 Å². The van der Waals surface area contributed by atoms with Crippen molar-refractivity contribution in [1.29, 1.82) is 0 Å². The van der Waals surface area contributed by atoms with Crippen LogP contribution in [0.5, 0.6) is 0 Å². The monoisotopic (exact) mass is 414 g/mol. The zero-order valence-electron chi connectivity index (χ0n) is 14.9. The van der Waals surface area contributed by atoms with Crippen LogP contribution in [0, 0.1) is 12.7 Å². The first-order valence-corrected chi connectivity index (χ1v) is 10.6. The average Bonchev–Trinajstić information content (AvgIpc) is 2.91. The summed E-state index contributed by atoms with van der Waals surface area (Å²) in [5.74, 6) is -1.51. The smallest absolute Gasteiger partial charge is 0.321 e. The molecule has 1 atom stereocenters. The number of hydrogen-bond acceptors (Lipinski definition) is 6. The first kappa shape index (κ1) is 20.8. The van der Waals surface area contributed by atoms with Gasteiger partial charge in [0.15, 0.2) is 15.0 Å². The molecule has 27 heavy (non-hydrogen) atoms. The van der Waals surface area contributed by atoms with Crippen LogP contribution in [0.4, 0.5) is 14.3 Å². The molecule has 1 unspecified atom stereocenters. The van der Waals surface area contributed by atoms with E-state index in [4.69, 9.17) is 5.73 Å². The van der Waals surface area contributed by atoms with Gasteiger partial charge in [-0.25, -0.2) is 22.6 Å². The minimum absolute atomic E-state index is 0.243. The number of urea groups is 1. The third-order valence-corrected chi connectivity index (χ3v) is 5.92. The molecule has 1 heterocycles. The van der Waals surface area contributed by atoms with Gasteiger partial charge in [0, 0.05) is 6.26 Å². The molecule has 0 aliphatic rings. The number of aryl methyl sites for hydroxylation is 1. The molecule has 0 bridgehead atoms. The van der Waals surface area contributed by atoms with E-state index in [1.165, 1.54) is 12.1 Å². The summed E-state index contributed by atoms with van der Waals surface area (Å²) in [5.41, 5.74) is 6.15. The van der Waals surface area contributed by atoms with Crippen LogP contribution in [0.25, 0.3) is 10.4 Å². The maximum Gasteiger partial charge on any atom is 0.321 e. The third-order valence-electron chi connectivity index (χ3n) is 3.67. The molecular formula is C16H19FN4O4S2. The largest absolute Gasteiger partial charge is 0.368 e. The lowest BCUT2D eigenvalue weighted by molar-refractivity contribution is -0.119. The van der Waals surface area contributed by atoms with E-state index in [-0.39, 0.29) is 10.0 Å². The van der Waals surface area contributed by atoms with Crippen molar-refractivity contribution in [2.45, 2.75) is 31.2 Å². The number of rotatable bonds is 6. The van der Waals surface area contributed by atoms with Crippen molar-refractivity contribution in [3.8, 4) is 10.4 Å². The van der Waals surface area contributed by atoms with Crippen LogP contribution in [0.1, 0.15) is 19.0 Å². The zero-order chi connectivity index (χ0) is 20.4. The predicted octanol–water partition coefficient (Wildman–Crippen LogP) is 2.05. The summed E-state index contributed by atoms with van der Waals surface area (Å²) in [6.07, 6.45) is 1.27. The molecule has 3 amide bonds. The summed E-state index contributed by atoms with van der Waals surface area (Å²) in [5, 5.41) is 5.18. The molecule has 1 aromatic heterocycles. The lowest BCUT2D eigenvalue weighted by Crippen LogP contribution is -2.45. The normalized spacial score (nSPS) is 12.4. The van der Waals surface area contributed by atoms with Crippen molar-refractivity contribution >= 4 is 38.2 Å². The highest BCUT2D eigenvalue weighted by molar-refractivity contribution is 7.90. The number of benzene rings is 1. The van der Waals surface area contributed by atoms with E-state index < -0.39 is 33.6 Å². The number of carbonyl (C=O) groups is 2. The molecule has 2 aromatic rings. The van der Waals surface area contributed by atoms with E-state index >= 15 is 0 Å². The summed E-state index contributed by atoms with van der Waals surface area (Å²) in [7, 11) is -3.66. The Morgan fingerprint density at radius 2 is 2.04 bits per heavy atom. The number of primary amides is 1. The van der Waals surface area contributed by atoms with Crippen LogP contribution in [-0.4, -0.2) is 37.6 Å². The zero-order valence-corrected chi connectivity index (χ0v) is 16.5. The molecule has 2 rings (SSSR count). The number of nitrogens with two attached hydrogens (primary N) is 1. The van der Waals surface area contributed by atoms with Gasteiger partial charge in [-0.05, 0) is 31.0 Å². The number of anilines is 1. The fourth-order valence-electron chi connectivity index (χ4n) is 2.33. The van der Waals surface area contributed by atoms with Crippen molar-refractivity contribution in [3.63, 3.8) is 0 Å². The first-order chi connectivity index (χ1) is 12.5. The maximum atomic E-state index is 14.1. The van der Waals surface area contributed by atoms with Gasteiger partial charge in [-0.3, -0.25) is 10.1 Å². The van der Waals surface area contributed by atoms with Gasteiger partial charge in [-0.2, -0.15) is 0 Å². The molecular weight excluding hydrogens is 395 g/mol. The average molecular weight is 414 g/mol. The number of hydrogen-bond donors (Lipinski definition) is 3. The number of sulfone groups is 1. The molecule has 0 aliphatic heterocycles. The SMILES string of the molecule is CCC(NC(=O)Nc1nc(C)c(-c2ccc(S(C)(=O)=O)c(F)c2)s1)C(N)=O. The Morgan fingerprint density at radius 3 is 2.56 bits per heavy atom. The van der Waals surface area contributed by atoms with Crippen LogP contribution in [0.15, 0.2) is 23.1 Å². The molecule has 0 fully saturated rings. The molecule has 4 N–H and O–H groups in total. The standard InChI is InChI=1S/C16H19FN4O4S2/c1-4-11(14(18)22)20-15(23)21-16-19-8(2)13(26-16)9-5-6-12(10(17)7-9)27(3,24)25/h5-7,11H,4H2,1-3H3,(H2,18,22)(H2,19,20,21,23). The molecule has 0 radical (unpaired) electrons. The lowest BCUT2D eigenvalue weighted by Gasteiger charge is -2.12. The first-order valence-electron chi connectivity index (χ1n) is 7.87. The van der Waals surface area contributed by atoms with Crippen molar-refractivity contribution in [2.75, 3.05) is 11.6 Å². The highest BCUT2D eigenvalue weighted by Gasteiger charge is 2.19. The van der Waals surface area contributed by atoms with Gasteiger partial charge in [0.1, 0.15) is 16.8 Å². The molecule has 1 aromatic carbocycles. The summed E-state index contributed by atoms with van der Waals surface area (Å²) in [4.78, 5) is 27.5. The fourth-order valence-corrected chi connectivity index (χ4v) is 4.01. The summed E-state index contributed by atoms with van der Waals surface area (Å²) in [6.45, 7) is 3.38. The molecule has 146 valence electrons. The molecule has 0 saturated heterocycles. The second kappa shape index (κ2) is 8.01. The van der Waals surface area contributed by atoms with Crippen molar-refractivity contribution < 1.29 is 22.4 Å². The highest BCUT2D eigenvalue weighted by atomic mass is 32.2. The van der Waals surface area contributed by atoms with E-state index in [9.17, 15) is 22.4 Å². The van der Waals surface area contributed by atoms with Crippen molar-refractivity contribution in [1.82, 2.24) is 10.3 Å². The quantitative estimate of drug-likeness (QED) is 0.666. The van der Waals surface area contributed by atoms with Gasteiger partial charge in [0.05, 0.1) is 10.6 Å². The van der Waals surface area contributed by atoms with Gasteiger partial charge in [-0.1, -0.05) is 24.3 Å². The van der Waals surface area contributed by atoms with E-state index in [1.54, 1.807) is 13.8 Å².